The molecule has 17 heavy (non-hydrogen) atoms. The number of rotatable bonds is 6. The van der Waals surface area contributed by atoms with Crippen LogP contribution >= 0.6 is 0 Å². The van der Waals surface area contributed by atoms with Crippen LogP contribution in [0, 0.1) is 13.8 Å². The Bertz CT molecular complexity index is 477. The zero-order chi connectivity index (χ0) is 13.1. The van der Waals surface area contributed by atoms with Gasteiger partial charge in [-0.3, -0.25) is 4.68 Å². The minimum Gasteiger partial charge on any atom is -0.316 e. The molecule has 0 spiro atoms. The maximum absolute atomic E-state index is 11.4. The third-order valence-corrected chi connectivity index (χ3v) is 4.62. The van der Waals surface area contributed by atoms with Crippen molar-refractivity contribution in [1.82, 2.24) is 15.1 Å². The lowest BCUT2D eigenvalue weighted by Gasteiger charge is -2.05. The number of hydrogen-bond acceptors (Lipinski definition) is 4. The topological polar surface area (TPSA) is 64.0 Å². The summed E-state index contributed by atoms with van der Waals surface area (Å²) in [6.07, 6.45) is 0. The number of sulfone groups is 1. The highest BCUT2D eigenvalue weighted by Gasteiger charge is 2.13. The van der Waals surface area contributed by atoms with Gasteiger partial charge in [0, 0.05) is 23.6 Å². The summed E-state index contributed by atoms with van der Waals surface area (Å²) in [5.41, 5.74) is 3.16. The third-order valence-electron chi connectivity index (χ3n) is 2.94. The van der Waals surface area contributed by atoms with E-state index in [1.54, 1.807) is 11.6 Å². The molecule has 0 aliphatic rings. The highest BCUT2D eigenvalue weighted by atomic mass is 32.2. The maximum Gasteiger partial charge on any atom is 0.151 e. The zero-order valence-corrected chi connectivity index (χ0v) is 11.8. The van der Waals surface area contributed by atoms with Gasteiger partial charge in [0.05, 0.1) is 18.0 Å². The molecule has 0 atom stereocenters. The van der Waals surface area contributed by atoms with Crippen molar-refractivity contribution < 1.29 is 8.42 Å². The van der Waals surface area contributed by atoms with E-state index in [1.165, 1.54) is 0 Å². The Hall–Kier alpha value is -0.880. The fourth-order valence-corrected chi connectivity index (χ4v) is 2.49. The third kappa shape index (κ3) is 3.54. The van der Waals surface area contributed by atoms with Crippen molar-refractivity contribution in [2.75, 3.05) is 18.6 Å². The molecule has 0 aliphatic heterocycles. The van der Waals surface area contributed by atoms with Crippen molar-refractivity contribution in [3.63, 3.8) is 0 Å². The minimum atomic E-state index is -2.93. The number of nitrogens with one attached hydrogen (secondary N) is 1. The summed E-state index contributed by atoms with van der Waals surface area (Å²) in [6.45, 7) is 6.80. The maximum atomic E-state index is 11.4. The first kappa shape index (κ1) is 14.2. The smallest absolute Gasteiger partial charge is 0.151 e. The van der Waals surface area contributed by atoms with E-state index in [2.05, 4.69) is 10.4 Å². The molecule has 5 nitrogen and oxygen atoms in total. The average Bonchev–Trinajstić information content (AvgIpc) is 2.55. The van der Waals surface area contributed by atoms with Gasteiger partial charge in [-0.15, -0.1) is 0 Å². The van der Waals surface area contributed by atoms with Crippen LogP contribution in [-0.4, -0.2) is 36.8 Å². The van der Waals surface area contributed by atoms with Crippen LogP contribution in [0.5, 0.6) is 0 Å². The Morgan fingerprint density at radius 2 is 2.00 bits per heavy atom. The molecule has 1 N–H and O–H groups in total. The van der Waals surface area contributed by atoms with Gasteiger partial charge < -0.3 is 5.32 Å². The normalized spacial score (nSPS) is 12.0. The summed E-state index contributed by atoms with van der Waals surface area (Å²) in [7, 11) is -1.04. The summed E-state index contributed by atoms with van der Waals surface area (Å²) in [6, 6.07) is 0. The summed E-state index contributed by atoms with van der Waals surface area (Å²) in [4.78, 5) is 0. The van der Waals surface area contributed by atoms with Gasteiger partial charge in [0.15, 0.2) is 9.84 Å². The number of nitrogens with zero attached hydrogens (tertiary/aromatic N) is 2. The fraction of sp³-hybridized carbons (Fsp3) is 0.727. The van der Waals surface area contributed by atoms with Crippen molar-refractivity contribution in [2.24, 2.45) is 0 Å². The molecule has 0 saturated carbocycles. The fourth-order valence-electron chi connectivity index (χ4n) is 1.75. The molecular formula is C11H21N3O2S. The lowest BCUT2D eigenvalue weighted by molar-refractivity contribution is 0.577. The lowest BCUT2D eigenvalue weighted by atomic mass is 10.2. The van der Waals surface area contributed by atoms with E-state index in [1.807, 2.05) is 20.9 Å². The second-order valence-corrected chi connectivity index (χ2v) is 6.61. The molecule has 0 unspecified atom stereocenters. The Balaban J connectivity index is 2.83. The largest absolute Gasteiger partial charge is 0.316 e. The van der Waals surface area contributed by atoms with Crippen molar-refractivity contribution in [2.45, 2.75) is 33.9 Å². The van der Waals surface area contributed by atoms with E-state index in [-0.39, 0.29) is 11.5 Å². The first-order chi connectivity index (χ1) is 7.91. The van der Waals surface area contributed by atoms with Crippen LogP contribution in [-0.2, 0) is 22.9 Å². The average molecular weight is 259 g/mol. The van der Waals surface area contributed by atoms with Crippen LogP contribution in [0.1, 0.15) is 23.9 Å². The van der Waals surface area contributed by atoms with Crippen molar-refractivity contribution >= 4 is 9.84 Å². The first-order valence-corrected chi connectivity index (χ1v) is 7.61. The van der Waals surface area contributed by atoms with Crippen LogP contribution in [0.4, 0.5) is 0 Å². The van der Waals surface area contributed by atoms with Crippen LogP contribution in [0.2, 0.25) is 0 Å². The SMILES string of the molecule is CCS(=O)(=O)CCn1nc(C)c(CNC)c1C. The Kier molecular flexibility index (Phi) is 4.70. The van der Waals surface area contributed by atoms with Gasteiger partial charge in [0.2, 0.25) is 0 Å². The molecular weight excluding hydrogens is 238 g/mol. The van der Waals surface area contributed by atoms with E-state index in [4.69, 9.17) is 0 Å². The number of aromatic nitrogens is 2. The molecule has 0 amide bonds. The molecule has 0 fully saturated rings. The molecule has 98 valence electrons. The van der Waals surface area contributed by atoms with Gasteiger partial charge in [-0.2, -0.15) is 5.10 Å². The molecule has 0 aromatic carbocycles. The van der Waals surface area contributed by atoms with Gasteiger partial charge in [-0.1, -0.05) is 6.92 Å². The minimum absolute atomic E-state index is 0.157. The monoisotopic (exact) mass is 259 g/mol. The van der Waals surface area contributed by atoms with Gasteiger partial charge >= 0.3 is 0 Å². The van der Waals surface area contributed by atoms with Gasteiger partial charge in [-0.25, -0.2) is 8.42 Å². The first-order valence-electron chi connectivity index (χ1n) is 5.79. The second-order valence-electron chi connectivity index (χ2n) is 4.14. The van der Waals surface area contributed by atoms with Crippen LogP contribution in [0.15, 0.2) is 0 Å². The van der Waals surface area contributed by atoms with Crippen molar-refractivity contribution in [3.8, 4) is 0 Å². The van der Waals surface area contributed by atoms with Crippen LogP contribution in [0.25, 0.3) is 0 Å². The van der Waals surface area contributed by atoms with E-state index in [9.17, 15) is 8.42 Å². The molecule has 0 bridgehead atoms. The molecule has 6 heteroatoms. The highest BCUT2D eigenvalue weighted by Crippen LogP contribution is 2.12. The second kappa shape index (κ2) is 5.64. The predicted octanol–water partition coefficient (Wildman–Crippen LogP) is 0.654. The van der Waals surface area contributed by atoms with Crippen molar-refractivity contribution in [3.05, 3.63) is 17.0 Å². The lowest BCUT2D eigenvalue weighted by Crippen LogP contribution is -2.16. The quantitative estimate of drug-likeness (QED) is 0.815. The zero-order valence-electron chi connectivity index (χ0n) is 10.9. The number of aryl methyl sites for hydroxylation is 2. The predicted molar refractivity (Wildman–Crippen MR) is 68.8 cm³/mol. The van der Waals surface area contributed by atoms with Crippen LogP contribution in [0.3, 0.4) is 0 Å². The molecule has 1 heterocycles. The van der Waals surface area contributed by atoms with Gasteiger partial charge in [0.25, 0.3) is 0 Å². The standard InChI is InChI=1S/C11H21N3O2S/c1-5-17(15,16)7-6-14-10(3)11(8-12-4)9(2)13-14/h12H,5-8H2,1-4H3. The molecule has 0 saturated heterocycles. The van der Waals surface area contributed by atoms with Gasteiger partial charge in [0.1, 0.15) is 0 Å². The highest BCUT2D eigenvalue weighted by molar-refractivity contribution is 7.91. The van der Waals surface area contributed by atoms with Gasteiger partial charge in [-0.05, 0) is 20.9 Å². The summed E-state index contributed by atoms with van der Waals surface area (Å²) < 4.78 is 24.7. The molecule has 1 aromatic rings. The van der Waals surface area contributed by atoms with Crippen LogP contribution < -0.4 is 5.32 Å². The molecule has 1 aromatic heterocycles. The summed E-state index contributed by atoms with van der Waals surface area (Å²) in [5, 5.41) is 7.47. The Morgan fingerprint density at radius 1 is 1.35 bits per heavy atom. The van der Waals surface area contributed by atoms with E-state index >= 15 is 0 Å². The van der Waals surface area contributed by atoms with E-state index < -0.39 is 9.84 Å². The Morgan fingerprint density at radius 3 is 2.53 bits per heavy atom. The molecule has 1 rings (SSSR count). The summed E-state index contributed by atoms with van der Waals surface area (Å²) in [5.74, 6) is 0.347. The molecule has 0 aliphatic carbocycles. The number of hydrogen-bond donors (Lipinski definition) is 1. The van der Waals surface area contributed by atoms with E-state index in [0.29, 0.717) is 6.54 Å². The van der Waals surface area contributed by atoms with E-state index in [0.717, 1.165) is 23.5 Å². The summed E-state index contributed by atoms with van der Waals surface area (Å²) >= 11 is 0. The van der Waals surface area contributed by atoms with Crippen molar-refractivity contribution in [1.29, 1.82) is 0 Å². The Labute approximate surface area is 103 Å². The molecule has 0 radical (unpaired) electrons.